The normalized spacial score (nSPS) is 7.90. The van der Waals surface area contributed by atoms with Crippen molar-refractivity contribution < 1.29 is 4.39 Å². The van der Waals surface area contributed by atoms with Crippen molar-refractivity contribution in [2.24, 2.45) is 0 Å². The van der Waals surface area contributed by atoms with Gasteiger partial charge in [0.2, 0.25) is 0 Å². The molecule has 0 N–H and O–H groups in total. The van der Waals surface area contributed by atoms with Crippen molar-refractivity contribution in [2.75, 3.05) is 0 Å². The molecule has 1 heteroatoms. The highest BCUT2D eigenvalue weighted by molar-refractivity contribution is 5.02. The van der Waals surface area contributed by atoms with Crippen LogP contribution in [0.1, 0.15) is 20.3 Å². The third-order valence-electron chi connectivity index (χ3n) is 0.733. The van der Waals surface area contributed by atoms with Crippen molar-refractivity contribution in [1.29, 1.82) is 0 Å². The first-order valence-electron chi connectivity index (χ1n) is 3.51. The van der Waals surface area contributed by atoms with Crippen molar-refractivity contribution >= 4 is 0 Å². The molecule has 0 aliphatic heterocycles. The Morgan fingerprint density at radius 2 is 1.50 bits per heavy atom. The molecule has 0 amide bonds. The van der Waals surface area contributed by atoms with Crippen LogP contribution in [0.3, 0.4) is 0 Å². The largest absolute Gasteiger partial charge is 0.207 e. The van der Waals surface area contributed by atoms with Gasteiger partial charge in [-0.15, -0.1) is 0 Å². The maximum atomic E-state index is 11.9. The van der Waals surface area contributed by atoms with E-state index in [2.05, 4.69) is 13.8 Å². The monoisotopic (exact) mass is 139 g/mol. The Morgan fingerprint density at radius 3 is 1.70 bits per heavy atom. The third kappa shape index (κ3) is 5.29. The molecule has 1 aromatic carbocycles. The van der Waals surface area contributed by atoms with Crippen molar-refractivity contribution in [3.63, 3.8) is 0 Å². The predicted octanol–water partition coefficient (Wildman–Crippen LogP) is 3.24. The van der Waals surface area contributed by atoms with Crippen molar-refractivity contribution in [3.8, 4) is 0 Å². The van der Waals surface area contributed by atoms with Gasteiger partial charge in [-0.25, -0.2) is 4.39 Å². The topological polar surface area (TPSA) is 0 Å². The van der Waals surface area contributed by atoms with Crippen LogP contribution < -0.4 is 0 Å². The van der Waals surface area contributed by atoms with Crippen molar-refractivity contribution in [2.45, 2.75) is 20.3 Å². The molecule has 0 saturated carbocycles. The summed E-state index contributed by atoms with van der Waals surface area (Å²) in [7, 11) is 0. The zero-order valence-corrected chi connectivity index (χ0v) is 6.47. The van der Waals surface area contributed by atoms with E-state index in [1.807, 2.05) is 0 Å². The second kappa shape index (κ2) is 6.27. The van der Waals surface area contributed by atoms with Crippen LogP contribution in [0.4, 0.5) is 4.39 Å². The van der Waals surface area contributed by atoms with E-state index >= 15 is 0 Å². The lowest BCUT2D eigenvalue weighted by Gasteiger charge is -1.78. The van der Waals surface area contributed by atoms with E-state index < -0.39 is 0 Å². The van der Waals surface area contributed by atoms with Gasteiger partial charge in [-0.05, 0) is 12.1 Å². The molecular formula is C9H13F. The summed E-state index contributed by atoms with van der Waals surface area (Å²) in [6.45, 7) is 4.25. The van der Waals surface area contributed by atoms with Crippen LogP contribution in [0, 0.1) is 5.82 Å². The fraction of sp³-hybridized carbons (Fsp3) is 0.333. The summed E-state index contributed by atoms with van der Waals surface area (Å²) in [6, 6.07) is 7.94. The molecule has 0 unspecified atom stereocenters. The van der Waals surface area contributed by atoms with Gasteiger partial charge in [0.05, 0.1) is 0 Å². The highest BCUT2D eigenvalue weighted by atomic mass is 18.2. The van der Waals surface area contributed by atoms with Gasteiger partial charge in [0.1, 0.15) is 5.82 Å². The minimum atomic E-state index is -0.178. The van der Waals surface area contributed by atoms with E-state index in [-0.39, 0.29) is 5.82 Å². The van der Waals surface area contributed by atoms with Crippen LogP contribution in [0.5, 0.6) is 0 Å². The summed E-state index contributed by atoms with van der Waals surface area (Å²) in [6.07, 6.45) is 1.25. The molecule has 0 aromatic heterocycles. The van der Waals surface area contributed by atoms with Gasteiger partial charge >= 0.3 is 0 Å². The molecule has 0 bridgehead atoms. The number of benzene rings is 1. The second-order valence-corrected chi connectivity index (χ2v) is 2.00. The zero-order valence-electron chi connectivity index (χ0n) is 6.47. The van der Waals surface area contributed by atoms with Gasteiger partial charge in [-0.2, -0.15) is 0 Å². The first-order chi connectivity index (χ1) is 4.81. The summed E-state index contributed by atoms with van der Waals surface area (Å²) < 4.78 is 11.9. The molecule has 1 aromatic rings. The Kier molecular flexibility index (Phi) is 5.74. The van der Waals surface area contributed by atoms with Gasteiger partial charge < -0.3 is 0 Å². The zero-order chi connectivity index (χ0) is 7.82. The Morgan fingerprint density at radius 1 is 1.10 bits per heavy atom. The quantitative estimate of drug-likeness (QED) is 0.517. The maximum absolute atomic E-state index is 11.9. The Labute approximate surface area is 61.7 Å². The Bertz CT molecular complexity index is 146. The fourth-order valence-electron chi connectivity index (χ4n) is 0.415. The van der Waals surface area contributed by atoms with Crippen LogP contribution in [0.15, 0.2) is 30.3 Å². The summed E-state index contributed by atoms with van der Waals surface area (Å²) in [5, 5.41) is 0. The van der Waals surface area contributed by atoms with E-state index in [0.29, 0.717) is 0 Å². The first-order valence-corrected chi connectivity index (χ1v) is 3.51. The summed E-state index contributed by atoms with van der Waals surface area (Å²) in [5.41, 5.74) is 0. The van der Waals surface area contributed by atoms with Crippen LogP contribution in [-0.4, -0.2) is 0 Å². The molecule has 10 heavy (non-hydrogen) atoms. The average molecular weight is 139 g/mol. The van der Waals surface area contributed by atoms with Gasteiger partial charge in [-0.1, -0.05) is 38.5 Å². The van der Waals surface area contributed by atoms with Crippen LogP contribution in [-0.2, 0) is 0 Å². The molecular weight excluding hydrogens is 126 g/mol. The molecule has 0 heterocycles. The molecule has 0 spiro atoms. The molecule has 0 aliphatic carbocycles. The number of hydrogen-bond donors (Lipinski definition) is 0. The molecule has 56 valence electrons. The SMILES string of the molecule is CCC.[18F]c1ccccc1. The average Bonchev–Trinajstić information content (AvgIpc) is 1.91. The lowest BCUT2D eigenvalue weighted by Crippen LogP contribution is -1.63. The first kappa shape index (κ1) is 9.15. The van der Waals surface area contributed by atoms with Crippen LogP contribution in [0.2, 0.25) is 0 Å². The summed E-state index contributed by atoms with van der Waals surface area (Å²) >= 11 is 0. The van der Waals surface area contributed by atoms with Crippen LogP contribution in [0.25, 0.3) is 0 Å². The number of rotatable bonds is 0. The van der Waals surface area contributed by atoms with Crippen molar-refractivity contribution in [3.05, 3.63) is 36.1 Å². The van der Waals surface area contributed by atoms with E-state index in [4.69, 9.17) is 0 Å². The minimum absolute atomic E-state index is 0.178. The van der Waals surface area contributed by atoms with E-state index in [0.717, 1.165) is 0 Å². The highest BCUT2D eigenvalue weighted by Crippen LogP contribution is 1.91. The molecule has 0 nitrogen and oxygen atoms in total. The lowest BCUT2D eigenvalue weighted by atomic mass is 10.4. The minimum Gasteiger partial charge on any atom is -0.207 e. The molecule has 1 rings (SSSR count). The predicted molar refractivity (Wildman–Crippen MR) is 42.4 cm³/mol. The summed E-state index contributed by atoms with van der Waals surface area (Å²) in [5.74, 6) is -0.178. The fourth-order valence-corrected chi connectivity index (χ4v) is 0.415. The van der Waals surface area contributed by atoms with Crippen LogP contribution >= 0.6 is 0 Å². The van der Waals surface area contributed by atoms with Crippen molar-refractivity contribution in [1.82, 2.24) is 0 Å². The smallest absolute Gasteiger partial charge is 0.123 e. The lowest BCUT2D eigenvalue weighted by molar-refractivity contribution is 0.628. The van der Waals surface area contributed by atoms with E-state index in [1.165, 1.54) is 18.6 Å². The molecule has 0 radical (unpaired) electrons. The van der Waals surface area contributed by atoms with Gasteiger partial charge in [0.25, 0.3) is 0 Å². The van der Waals surface area contributed by atoms with Gasteiger partial charge in [0.15, 0.2) is 0 Å². The number of hydrogen-bond acceptors (Lipinski definition) is 0. The second-order valence-electron chi connectivity index (χ2n) is 2.00. The standard InChI is InChI=1S/C6H5F.C3H8/c7-6-4-2-1-3-5-6;1-3-2/h1-5H;3H2,1-2H3/i7-1;. The van der Waals surface area contributed by atoms with Gasteiger partial charge in [-0.3, -0.25) is 0 Å². The van der Waals surface area contributed by atoms with E-state index in [1.54, 1.807) is 18.2 Å². The highest BCUT2D eigenvalue weighted by Gasteiger charge is 1.77. The maximum Gasteiger partial charge on any atom is 0.123 e. The Hall–Kier alpha value is -0.850. The number of halogens is 1. The molecule has 0 saturated heterocycles. The van der Waals surface area contributed by atoms with E-state index in [9.17, 15) is 4.39 Å². The molecule has 0 fully saturated rings. The third-order valence-corrected chi connectivity index (χ3v) is 0.733. The van der Waals surface area contributed by atoms with Gasteiger partial charge in [0, 0.05) is 0 Å². The summed E-state index contributed by atoms with van der Waals surface area (Å²) in [4.78, 5) is 0. The Balaban J connectivity index is 0.000000236. The molecule has 0 aliphatic rings. The molecule has 0 atom stereocenters.